The van der Waals surface area contributed by atoms with Gasteiger partial charge >= 0.3 is 0 Å². The van der Waals surface area contributed by atoms with E-state index in [1.165, 1.54) is 88.8 Å². The topological polar surface area (TPSA) is 23.8 Å². The van der Waals surface area contributed by atoms with Gasteiger partial charge in [-0.05, 0) is 18.2 Å². The van der Waals surface area contributed by atoms with E-state index in [0.717, 1.165) is 5.75 Å². The summed E-state index contributed by atoms with van der Waals surface area (Å²) in [4.78, 5) is 0. The second kappa shape index (κ2) is 15.8. The number of nitrogens with zero attached hydrogens (tertiary/aromatic N) is 1. The summed E-state index contributed by atoms with van der Waals surface area (Å²) in [6, 6.07) is 0. The van der Waals surface area contributed by atoms with Crippen molar-refractivity contribution >= 4 is 11.8 Å². The van der Waals surface area contributed by atoms with E-state index in [2.05, 4.69) is 12.3 Å². The molecule has 17 heavy (non-hydrogen) atoms. The molecule has 0 N–H and O–H groups in total. The number of unbranched alkanes of at least 4 members (excludes halogenated alkanes) is 11. The molecule has 0 heterocycles. The van der Waals surface area contributed by atoms with Gasteiger partial charge in [-0.25, -0.2) is 0 Å². The van der Waals surface area contributed by atoms with E-state index in [1.807, 2.05) is 0 Å². The molecule has 0 amide bonds. The average Bonchev–Trinajstić information content (AvgIpc) is 2.35. The van der Waals surface area contributed by atoms with Crippen molar-refractivity contribution in [3.8, 4) is 5.40 Å². The monoisotopic (exact) mass is 255 g/mol. The van der Waals surface area contributed by atoms with E-state index in [9.17, 15) is 0 Å². The first kappa shape index (κ1) is 16.8. The normalized spacial score (nSPS) is 10.4. The molecule has 0 aromatic rings. The molecule has 0 aromatic heterocycles. The highest BCUT2D eigenvalue weighted by Gasteiger charge is 1.93. The van der Waals surface area contributed by atoms with Crippen LogP contribution in [0.3, 0.4) is 0 Å². The van der Waals surface area contributed by atoms with Crippen molar-refractivity contribution in [1.29, 1.82) is 5.26 Å². The second-order valence-corrected chi connectivity index (χ2v) is 5.71. The lowest BCUT2D eigenvalue weighted by Crippen LogP contribution is -1.83. The summed E-state index contributed by atoms with van der Waals surface area (Å²) in [5.74, 6) is 1.02. The highest BCUT2D eigenvalue weighted by molar-refractivity contribution is 8.03. The zero-order chi connectivity index (χ0) is 12.6. The van der Waals surface area contributed by atoms with Gasteiger partial charge in [0.15, 0.2) is 0 Å². The molecule has 0 aliphatic heterocycles. The molecule has 2 heteroatoms. The molecule has 0 spiro atoms. The largest absolute Gasteiger partial charge is 0.185 e. The number of hydrogen-bond donors (Lipinski definition) is 0. The molecular formula is C15H29NS. The maximum Gasteiger partial charge on any atom is 0.133 e. The van der Waals surface area contributed by atoms with Crippen LogP contribution in [0.4, 0.5) is 0 Å². The maximum absolute atomic E-state index is 8.36. The Morgan fingerprint density at radius 1 is 0.706 bits per heavy atom. The minimum atomic E-state index is 1.02. The van der Waals surface area contributed by atoms with Crippen LogP contribution in [0, 0.1) is 10.7 Å². The molecule has 0 saturated heterocycles. The molecule has 0 saturated carbocycles. The zero-order valence-corrected chi connectivity index (χ0v) is 12.4. The summed E-state index contributed by atoms with van der Waals surface area (Å²) in [6.07, 6.45) is 16.7. The van der Waals surface area contributed by atoms with Crippen LogP contribution in [0.1, 0.15) is 84.0 Å². The van der Waals surface area contributed by atoms with Crippen molar-refractivity contribution in [2.75, 3.05) is 5.75 Å². The SMILES string of the molecule is CCCCCCCCCCCCCCSC#N. The van der Waals surface area contributed by atoms with Gasteiger partial charge in [-0.3, -0.25) is 0 Å². The van der Waals surface area contributed by atoms with Gasteiger partial charge in [0.05, 0.1) is 0 Å². The lowest BCUT2D eigenvalue weighted by atomic mass is 10.1. The molecule has 0 atom stereocenters. The minimum Gasteiger partial charge on any atom is -0.185 e. The van der Waals surface area contributed by atoms with E-state index >= 15 is 0 Å². The number of rotatable bonds is 13. The Hall–Kier alpha value is -0.160. The third-order valence-corrected chi connectivity index (χ3v) is 3.79. The standard InChI is InChI=1S/C15H29NS/c1-2-3-4-5-6-7-8-9-10-11-12-13-14-17-15-16/h2-14H2,1H3. The summed E-state index contributed by atoms with van der Waals surface area (Å²) in [7, 11) is 0. The number of thiocyanates is 1. The summed E-state index contributed by atoms with van der Waals surface area (Å²) in [5.41, 5.74) is 0. The van der Waals surface area contributed by atoms with E-state index in [0.29, 0.717) is 0 Å². The fourth-order valence-corrected chi connectivity index (χ4v) is 2.50. The van der Waals surface area contributed by atoms with Crippen molar-refractivity contribution in [3.05, 3.63) is 0 Å². The van der Waals surface area contributed by atoms with Crippen LogP contribution < -0.4 is 0 Å². The second-order valence-electron chi connectivity index (χ2n) is 4.83. The van der Waals surface area contributed by atoms with Gasteiger partial charge in [-0.1, -0.05) is 77.6 Å². The van der Waals surface area contributed by atoms with Crippen LogP contribution in [0.25, 0.3) is 0 Å². The molecule has 0 unspecified atom stereocenters. The van der Waals surface area contributed by atoms with Crippen LogP contribution in [-0.4, -0.2) is 5.75 Å². The first-order chi connectivity index (χ1) is 8.41. The number of hydrogen-bond acceptors (Lipinski definition) is 2. The van der Waals surface area contributed by atoms with Crippen LogP contribution in [0.2, 0.25) is 0 Å². The van der Waals surface area contributed by atoms with E-state index in [4.69, 9.17) is 5.26 Å². The fraction of sp³-hybridized carbons (Fsp3) is 0.933. The predicted molar refractivity (Wildman–Crippen MR) is 79.1 cm³/mol. The molecule has 0 aliphatic carbocycles. The van der Waals surface area contributed by atoms with Gasteiger partial charge in [0.2, 0.25) is 0 Å². The average molecular weight is 255 g/mol. The number of nitriles is 1. The van der Waals surface area contributed by atoms with Crippen molar-refractivity contribution in [3.63, 3.8) is 0 Å². The van der Waals surface area contributed by atoms with Gasteiger partial charge in [-0.2, -0.15) is 5.26 Å². The molecule has 0 aliphatic rings. The van der Waals surface area contributed by atoms with Gasteiger partial charge < -0.3 is 0 Å². The van der Waals surface area contributed by atoms with Crippen LogP contribution in [-0.2, 0) is 0 Å². The summed E-state index contributed by atoms with van der Waals surface area (Å²) in [5, 5.41) is 10.5. The van der Waals surface area contributed by atoms with Crippen molar-refractivity contribution in [2.45, 2.75) is 84.0 Å². The predicted octanol–water partition coefficient (Wildman–Crippen LogP) is 5.90. The van der Waals surface area contributed by atoms with Gasteiger partial charge in [0.25, 0.3) is 0 Å². The van der Waals surface area contributed by atoms with Crippen LogP contribution in [0.15, 0.2) is 0 Å². The molecular weight excluding hydrogens is 226 g/mol. The van der Waals surface area contributed by atoms with Crippen molar-refractivity contribution in [1.82, 2.24) is 0 Å². The van der Waals surface area contributed by atoms with Crippen LogP contribution in [0.5, 0.6) is 0 Å². The molecule has 0 fully saturated rings. The molecule has 0 aromatic carbocycles. The Labute approximate surface area is 112 Å². The third-order valence-electron chi connectivity index (χ3n) is 3.16. The summed E-state index contributed by atoms with van der Waals surface area (Å²) in [6.45, 7) is 2.27. The van der Waals surface area contributed by atoms with Crippen LogP contribution >= 0.6 is 11.8 Å². The molecule has 0 rings (SSSR count). The van der Waals surface area contributed by atoms with E-state index < -0.39 is 0 Å². The Balaban J connectivity index is 2.87. The number of thioether (sulfide) groups is 1. The first-order valence-corrected chi connectivity index (χ1v) is 8.41. The Bertz CT molecular complexity index is 174. The minimum absolute atomic E-state index is 1.02. The first-order valence-electron chi connectivity index (χ1n) is 7.42. The zero-order valence-electron chi connectivity index (χ0n) is 11.5. The molecule has 100 valence electrons. The van der Waals surface area contributed by atoms with Crippen molar-refractivity contribution < 1.29 is 0 Å². The summed E-state index contributed by atoms with van der Waals surface area (Å²) < 4.78 is 0. The quantitative estimate of drug-likeness (QED) is 0.302. The molecule has 0 radical (unpaired) electrons. The third kappa shape index (κ3) is 15.8. The van der Waals surface area contributed by atoms with Crippen molar-refractivity contribution in [2.24, 2.45) is 0 Å². The Kier molecular flexibility index (Phi) is 15.7. The smallest absolute Gasteiger partial charge is 0.133 e. The summed E-state index contributed by atoms with van der Waals surface area (Å²) >= 11 is 1.39. The highest BCUT2D eigenvalue weighted by Crippen LogP contribution is 2.12. The van der Waals surface area contributed by atoms with Gasteiger partial charge in [0.1, 0.15) is 5.40 Å². The fourth-order valence-electron chi connectivity index (χ4n) is 2.06. The van der Waals surface area contributed by atoms with E-state index in [1.54, 1.807) is 0 Å². The lowest BCUT2D eigenvalue weighted by Gasteiger charge is -2.02. The molecule has 0 bridgehead atoms. The van der Waals surface area contributed by atoms with Gasteiger partial charge in [0, 0.05) is 5.75 Å². The molecule has 1 nitrogen and oxygen atoms in total. The maximum atomic E-state index is 8.36. The Morgan fingerprint density at radius 3 is 1.53 bits per heavy atom. The Morgan fingerprint density at radius 2 is 1.12 bits per heavy atom. The van der Waals surface area contributed by atoms with E-state index in [-0.39, 0.29) is 0 Å². The highest BCUT2D eigenvalue weighted by atomic mass is 32.2. The van der Waals surface area contributed by atoms with Gasteiger partial charge in [-0.15, -0.1) is 0 Å². The lowest BCUT2D eigenvalue weighted by molar-refractivity contribution is 0.548.